The molecule has 0 aliphatic heterocycles. The summed E-state index contributed by atoms with van der Waals surface area (Å²) < 4.78 is 7.04. The molecular weight excluding hydrogens is 407 g/mol. The number of hydrogen-bond acceptors (Lipinski definition) is 2. The van der Waals surface area contributed by atoms with Crippen LogP contribution >= 0.6 is 43.5 Å². The number of halogens is 3. The molecule has 0 aromatic heterocycles. The first kappa shape index (κ1) is 15.5. The molecule has 0 bridgehead atoms. The van der Waals surface area contributed by atoms with Crippen molar-refractivity contribution in [3.05, 3.63) is 61.5 Å². The van der Waals surface area contributed by atoms with Gasteiger partial charge < -0.3 is 4.74 Å². The topological polar surface area (TPSA) is 26.3 Å². The van der Waals surface area contributed by atoms with Gasteiger partial charge in [0.15, 0.2) is 5.78 Å². The molecule has 20 heavy (non-hydrogen) atoms. The molecule has 0 radical (unpaired) electrons. The number of carbonyl (C=O) groups excluding carboxylic acids is 1. The third kappa shape index (κ3) is 3.43. The van der Waals surface area contributed by atoms with Crippen LogP contribution in [0.1, 0.15) is 22.8 Å². The molecule has 0 N–H and O–H groups in total. The van der Waals surface area contributed by atoms with E-state index < -0.39 is 0 Å². The number of ketones is 1. The summed E-state index contributed by atoms with van der Waals surface area (Å²) in [5.74, 6) is 0.428. The molecule has 0 amide bonds. The van der Waals surface area contributed by atoms with Gasteiger partial charge in [0, 0.05) is 19.5 Å². The molecule has 0 unspecified atom stereocenters. The fourth-order valence-corrected chi connectivity index (χ4v) is 2.74. The largest absolute Gasteiger partial charge is 0.493 e. The van der Waals surface area contributed by atoms with E-state index in [0.717, 1.165) is 4.47 Å². The predicted octanol–water partition coefficient (Wildman–Crippen LogP) is 5.49. The Morgan fingerprint density at radius 3 is 2.60 bits per heavy atom. The molecule has 104 valence electrons. The summed E-state index contributed by atoms with van der Waals surface area (Å²) in [6, 6.07) is 10.5. The second kappa shape index (κ2) is 6.74. The lowest BCUT2D eigenvalue weighted by molar-refractivity contribution is 0.103. The van der Waals surface area contributed by atoms with Gasteiger partial charge in [0.25, 0.3) is 0 Å². The smallest absolute Gasteiger partial charge is 0.197 e. The average Bonchev–Trinajstić information content (AvgIpc) is 2.43. The molecule has 0 saturated heterocycles. The first-order valence-electron chi connectivity index (χ1n) is 5.95. The molecular formula is C15H11Br2ClO2. The zero-order valence-electron chi connectivity index (χ0n) is 10.6. The highest BCUT2D eigenvalue weighted by Gasteiger charge is 2.18. The normalized spacial score (nSPS) is 10.4. The number of hydrogen-bond donors (Lipinski definition) is 0. The van der Waals surface area contributed by atoms with Gasteiger partial charge in [0.1, 0.15) is 5.75 Å². The van der Waals surface area contributed by atoms with E-state index in [2.05, 4.69) is 31.9 Å². The summed E-state index contributed by atoms with van der Waals surface area (Å²) in [5.41, 5.74) is 1.01. The zero-order chi connectivity index (χ0) is 14.7. The molecule has 0 aliphatic carbocycles. The highest BCUT2D eigenvalue weighted by Crippen LogP contribution is 2.29. The van der Waals surface area contributed by atoms with Gasteiger partial charge in [0.2, 0.25) is 0 Å². The molecule has 0 aliphatic rings. The van der Waals surface area contributed by atoms with E-state index in [9.17, 15) is 4.79 Å². The molecule has 2 aromatic rings. The van der Waals surface area contributed by atoms with E-state index in [0.29, 0.717) is 33.0 Å². The van der Waals surface area contributed by atoms with Gasteiger partial charge in [-0.05, 0) is 43.3 Å². The predicted molar refractivity (Wildman–Crippen MR) is 87.9 cm³/mol. The minimum Gasteiger partial charge on any atom is -0.493 e. The van der Waals surface area contributed by atoms with Gasteiger partial charge in [0.05, 0.1) is 12.2 Å². The van der Waals surface area contributed by atoms with Crippen molar-refractivity contribution < 1.29 is 9.53 Å². The number of benzene rings is 2. The van der Waals surface area contributed by atoms with E-state index >= 15 is 0 Å². The van der Waals surface area contributed by atoms with Crippen LogP contribution in [0.15, 0.2) is 45.3 Å². The zero-order valence-corrected chi connectivity index (χ0v) is 14.5. The summed E-state index contributed by atoms with van der Waals surface area (Å²) in [4.78, 5) is 12.7. The maximum Gasteiger partial charge on any atom is 0.197 e. The molecule has 5 heteroatoms. The molecule has 2 nitrogen and oxygen atoms in total. The van der Waals surface area contributed by atoms with Crippen LogP contribution in [0.25, 0.3) is 0 Å². The van der Waals surface area contributed by atoms with Crippen molar-refractivity contribution in [1.29, 1.82) is 0 Å². The van der Waals surface area contributed by atoms with Crippen LogP contribution in [0.2, 0.25) is 5.02 Å². The quantitative estimate of drug-likeness (QED) is 0.614. The minimum absolute atomic E-state index is 0.135. The van der Waals surface area contributed by atoms with E-state index in [1.54, 1.807) is 30.3 Å². The van der Waals surface area contributed by atoms with E-state index in [-0.39, 0.29) is 5.78 Å². The van der Waals surface area contributed by atoms with Gasteiger partial charge in [-0.2, -0.15) is 0 Å². The highest BCUT2D eigenvalue weighted by molar-refractivity contribution is 9.10. The van der Waals surface area contributed by atoms with Crippen molar-refractivity contribution >= 4 is 49.2 Å². The Hall–Kier alpha value is -0.840. The number of carbonyl (C=O) groups is 1. The fraction of sp³-hybridized carbons (Fsp3) is 0.133. The third-order valence-electron chi connectivity index (χ3n) is 2.66. The van der Waals surface area contributed by atoms with Crippen molar-refractivity contribution in [1.82, 2.24) is 0 Å². The molecule has 0 saturated carbocycles. The molecule has 0 fully saturated rings. The number of rotatable bonds is 4. The fourth-order valence-electron chi connectivity index (χ4n) is 1.78. The van der Waals surface area contributed by atoms with E-state index in [4.69, 9.17) is 16.3 Å². The lowest BCUT2D eigenvalue weighted by Crippen LogP contribution is -2.06. The van der Waals surface area contributed by atoms with Crippen molar-refractivity contribution in [2.24, 2.45) is 0 Å². The molecule has 0 heterocycles. The second-order valence-electron chi connectivity index (χ2n) is 4.03. The Morgan fingerprint density at radius 1 is 1.15 bits per heavy atom. The van der Waals surface area contributed by atoms with Gasteiger partial charge >= 0.3 is 0 Å². The van der Waals surface area contributed by atoms with E-state index in [1.807, 2.05) is 13.0 Å². The van der Waals surface area contributed by atoms with Crippen LogP contribution in [0.5, 0.6) is 5.75 Å². The Kier molecular flexibility index (Phi) is 5.24. The Morgan fingerprint density at radius 2 is 1.90 bits per heavy atom. The first-order chi connectivity index (χ1) is 9.52. The average molecular weight is 419 g/mol. The van der Waals surface area contributed by atoms with Crippen molar-refractivity contribution in [2.45, 2.75) is 6.92 Å². The Labute approximate surface area is 139 Å². The summed E-state index contributed by atoms with van der Waals surface area (Å²) >= 11 is 12.7. The van der Waals surface area contributed by atoms with Gasteiger partial charge in [-0.15, -0.1) is 0 Å². The summed E-state index contributed by atoms with van der Waals surface area (Å²) in [6.07, 6.45) is 0. The summed E-state index contributed by atoms with van der Waals surface area (Å²) in [6.45, 7) is 2.38. The molecule has 2 rings (SSSR count). The summed E-state index contributed by atoms with van der Waals surface area (Å²) in [7, 11) is 0. The van der Waals surface area contributed by atoms with Gasteiger partial charge in [-0.1, -0.05) is 43.5 Å². The maximum atomic E-state index is 12.7. The van der Waals surface area contributed by atoms with Crippen LogP contribution in [-0.2, 0) is 0 Å². The summed E-state index contributed by atoms with van der Waals surface area (Å²) in [5, 5.41) is 0.518. The SMILES string of the molecule is CCOc1ccc(Br)cc1C(=O)c1cc(Cl)ccc1Br. The van der Waals surface area contributed by atoms with Crippen LogP contribution in [0.3, 0.4) is 0 Å². The number of ether oxygens (including phenoxy) is 1. The monoisotopic (exact) mass is 416 g/mol. The van der Waals surface area contributed by atoms with Crippen molar-refractivity contribution in [3.63, 3.8) is 0 Å². The molecule has 2 aromatic carbocycles. The van der Waals surface area contributed by atoms with Crippen molar-refractivity contribution in [2.75, 3.05) is 6.61 Å². The van der Waals surface area contributed by atoms with Crippen LogP contribution in [-0.4, -0.2) is 12.4 Å². The molecule has 0 atom stereocenters. The lowest BCUT2D eigenvalue weighted by atomic mass is 10.0. The highest BCUT2D eigenvalue weighted by atomic mass is 79.9. The Balaban J connectivity index is 2.52. The lowest BCUT2D eigenvalue weighted by Gasteiger charge is -2.11. The van der Waals surface area contributed by atoms with E-state index in [1.165, 1.54) is 0 Å². The van der Waals surface area contributed by atoms with Gasteiger partial charge in [-0.25, -0.2) is 0 Å². The minimum atomic E-state index is -0.135. The Bertz CT molecular complexity index is 656. The van der Waals surface area contributed by atoms with Crippen LogP contribution < -0.4 is 4.74 Å². The maximum absolute atomic E-state index is 12.7. The van der Waals surface area contributed by atoms with Crippen LogP contribution in [0.4, 0.5) is 0 Å². The standard InChI is InChI=1S/C15H11Br2ClO2/c1-2-20-14-6-3-9(16)7-12(14)15(19)11-8-10(18)4-5-13(11)17/h3-8H,2H2,1H3. The third-order valence-corrected chi connectivity index (χ3v) is 4.08. The van der Waals surface area contributed by atoms with Gasteiger partial charge in [-0.3, -0.25) is 4.79 Å². The first-order valence-corrected chi connectivity index (χ1v) is 7.91. The second-order valence-corrected chi connectivity index (χ2v) is 6.23. The van der Waals surface area contributed by atoms with Crippen LogP contribution in [0, 0.1) is 0 Å². The van der Waals surface area contributed by atoms with Crippen molar-refractivity contribution in [3.8, 4) is 5.75 Å². The molecule has 0 spiro atoms.